The highest BCUT2D eigenvalue weighted by Gasteiger charge is 2.06. The van der Waals surface area contributed by atoms with Crippen LogP contribution in [0.3, 0.4) is 0 Å². The molecule has 0 bridgehead atoms. The van der Waals surface area contributed by atoms with Crippen LogP contribution in [-0.2, 0) is 22.3 Å². The van der Waals surface area contributed by atoms with Crippen LogP contribution in [0.4, 0.5) is 0 Å². The molecule has 1 unspecified atom stereocenters. The van der Waals surface area contributed by atoms with Gasteiger partial charge in [0.25, 0.3) is 5.91 Å². The lowest BCUT2D eigenvalue weighted by Gasteiger charge is -2.07. The van der Waals surface area contributed by atoms with Crippen LogP contribution >= 0.6 is 11.8 Å². The van der Waals surface area contributed by atoms with Crippen molar-refractivity contribution in [3.8, 4) is 0 Å². The maximum atomic E-state index is 12.2. The SMILES string of the molecule is Cc1ccc(CSCCNC(=O)c2cccc(CS(C)=O)c2)cc1. The zero-order valence-electron chi connectivity index (χ0n) is 14.1. The van der Waals surface area contributed by atoms with Crippen LogP contribution in [0, 0.1) is 6.92 Å². The summed E-state index contributed by atoms with van der Waals surface area (Å²) >= 11 is 1.81. The van der Waals surface area contributed by atoms with Crippen molar-refractivity contribution in [2.45, 2.75) is 18.4 Å². The van der Waals surface area contributed by atoms with Gasteiger partial charge >= 0.3 is 0 Å². The molecule has 2 rings (SSSR count). The van der Waals surface area contributed by atoms with Gasteiger partial charge in [-0.3, -0.25) is 9.00 Å². The molecule has 5 heteroatoms. The van der Waals surface area contributed by atoms with Gasteiger partial charge in [-0.25, -0.2) is 0 Å². The molecular formula is C19H23NO2S2. The molecule has 128 valence electrons. The van der Waals surface area contributed by atoms with E-state index < -0.39 is 10.8 Å². The normalized spacial score (nSPS) is 11.9. The Hall–Kier alpha value is -1.59. The second kappa shape index (κ2) is 9.64. The van der Waals surface area contributed by atoms with E-state index in [2.05, 4.69) is 36.5 Å². The number of carbonyl (C=O) groups excluding carboxylic acids is 1. The van der Waals surface area contributed by atoms with Crippen LogP contribution in [0.5, 0.6) is 0 Å². The van der Waals surface area contributed by atoms with Gasteiger partial charge in [-0.05, 0) is 30.2 Å². The lowest BCUT2D eigenvalue weighted by molar-refractivity contribution is 0.0956. The fraction of sp³-hybridized carbons (Fsp3) is 0.316. The van der Waals surface area contributed by atoms with Crippen LogP contribution in [0.1, 0.15) is 27.0 Å². The lowest BCUT2D eigenvalue weighted by Crippen LogP contribution is -2.25. The van der Waals surface area contributed by atoms with E-state index in [4.69, 9.17) is 0 Å². The fourth-order valence-corrected chi connectivity index (χ4v) is 3.72. The Kier molecular flexibility index (Phi) is 7.53. The first-order valence-corrected chi connectivity index (χ1v) is 10.7. The summed E-state index contributed by atoms with van der Waals surface area (Å²) in [4.78, 5) is 12.2. The molecule has 2 aromatic carbocycles. The van der Waals surface area contributed by atoms with Crippen molar-refractivity contribution < 1.29 is 9.00 Å². The predicted molar refractivity (Wildman–Crippen MR) is 104 cm³/mol. The monoisotopic (exact) mass is 361 g/mol. The summed E-state index contributed by atoms with van der Waals surface area (Å²) in [5.74, 6) is 2.23. The Morgan fingerprint density at radius 2 is 1.88 bits per heavy atom. The molecule has 0 heterocycles. The summed E-state index contributed by atoms with van der Waals surface area (Å²) < 4.78 is 11.3. The highest BCUT2D eigenvalue weighted by atomic mass is 32.2. The molecule has 2 aromatic rings. The summed E-state index contributed by atoms with van der Waals surface area (Å²) in [6.07, 6.45) is 1.66. The number of thioether (sulfide) groups is 1. The van der Waals surface area contributed by atoms with Crippen molar-refractivity contribution in [1.29, 1.82) is 0 Å². The Morgan fingerprint density at radius 3 is 2.58 bits per heavy atom. The lowest BCUT2D eigenvalue weighted by atomic mass is 10.1. The van der Waals surface area contributed by atoms with Gasteiger partial charge in [0.1, 0.15) is 0 Å². The van der Waals surface area contributed by atoms with Gasteiger partial charge in [-0.15, -0.1) is 0 Å². The molecule has 0 aliphatic heterocycles. The number of amides is 1. The van der Waals surface area contributed by atoms with Gasteiger partial charge in [0.05, 0.1) is 0 Å². The van der Waals surface area contributed by atoms with Gasteiger partial charge in [0, 0.05) is 46.4 Å². The van der Waals surface area contributed by atoms with Crippen molar-refractivity contribution in [1.82, 2.24) is 5.32 Å². The summed E-state index contributed by atoms with van der Waals surface area (Å²) in [6, 6.07) is 15.9. The van der Waals surface area contributed by atoms with Crippen molar-refractivity contribution in [2.24, 2.45) is 0 Å². The maximum absolute atomic E-state index is 12.2. The molecule has 3 nitrogen and oxygen atoms in total. The quantitative estimate of drug-likeness (QED) is 0.732. The molecule has 1 atom stereocenters. The van der Waals surface area contributed by atoms with Crippen LogP contribution in [0.2, 0.25) is 0 Å². The number of aryl methyl sites for hydroxylation is 1. The van der Waals surface area contributed by atoms with Gasteiger partial charge in [0.15, 0.2) is 0 Å². The van der Waals surface area contributed by atoms with Crippen molar-refractivity contribution in [3.05, 3.63) is 70.8 Å². The molecule has 24 heavy (non-hydrogen) atoms. The predicted octanol–water partition coefficient (Wildman–Crippen LogP) is 3.54. The minimum Gasteiger partial charge on any atom is -0.351 e. The summed E-state index contributed by atoms with van der Waals surface area (Å²) in [5.41, 5.74) is 4.13. The van der Waals surface area contributed by atoms with Gasteiger partial charge < -0.3 is 5.32 Å². The van der Waals surface area contributed by atoms with E-state index in [1.165, 1.54) is 11.1 Å². The second-order valence-electron chi connectivity index (χ2n) is 5.71. The average molecular weight is 362 g/mol. The minimum absolute atomic E-state index is 0.0744. The molecule has 0 saturated heterocycles. The van der Waals surface area contributed by atoms with Gasteiger partial charge in [-0.2, -0.15) is 11.8 Å². The molecule has 0 fully saturated rings. The maximum Gasteiger partial charge on any atom is 0.251 e. The van der Waals surface area contributed by atoms with E-state index >= 15 is 0 Å². The molecular weight excluding hydrogens is 338 g/mol. The third-order valence-corrected chi connectivity index (χ3v) is 5.25. The van der Waals surface area contributed by atoms with Crippen molar-refractivity contribution in [3.63, 3.8) is 0 Å². The van der Waals surface area contributed by atoms with E-state index in [1.807, 2.05) is 18.2 Å². The largest absolute Gasteiger partial charge is 0.351 e. The van der Waals surface area contributed by atoms with Crippen LogP contribution in [0.25, 0.3) is 0 Å². The Morgan fingerprint density at radius 1 is 1.12 bits per heavy atom. The highest BCUT2D eigenvalue weighted by molar-refractivity contribution is 7.98. The Balaban J connectivity index is 1.73. The second-order valence-corrected chi connectivity index (χ2v) is 8.25. The summed E-state index contributed by atoms with van der Waals surface area (Å²) in [5, 5.41) is 2.94. The first-order chi connectivity index (χ1) is 11.5. The Labute approximate surface area is 150 Å². The molecule has 0 aliphatic carbocycles. The number of hydrogen-bond donors (Lipinski definition) is 1. The van der Waals surface area contributed by atoms with E-state index in [0.29, 0.717) is 17.9 Å². The van der Waals surface area contributed by atoms with Gasteiger partial charge in [-0.1, -0.05) is 42.0 Å². The zero-order valence-corrected chi connectivity index (χ0v) is 15.7. The number of carbonyl (C=O) groups is 1. The first kappa shape index (κ1) is 18.7. The van der Waals surface area contributed by atoms with E-state index in [9.17, 15) is 9.00 Å². The molecule has 1 amide bonds. The third-order valence-electron chi connectivity index (χ3n) is 3.48. The standard InChI is InChI=1S/C19H23NO2S2/c1-15-6-8-16(9-7-15)13-23-11-10-20-19(21)18-5-3-4-17(12-18)14-24(2)22/h3-9,12H,10-11,13-14H2,1-2H3,(H,20,21). The van der Waals surface area contributed by atoms with Crippen molar-refractivity contribution >= 4 is 28.5 Å². The topological polar surface area (TPSA) is 46.2 Å². The third kappa shape index (κ3) is 6.49. The number of rotatable bonds is 8. The van der Waals surface area contributed by atoms with Crippen LogP contribution < -0.4 is 5.32 Å². The molecule has 0 spiro atoms. The highest BCUT2D eigenvalue weighted by Crippen LogP contribution is 2.12. The van der Waals surface area contributed by atoms with E-state index in [0.717, 1.165) is 17.1 Å². The molecule has 0 saturated carbocycles. The molecule has 0 aromatic heterocycles. The minimum atomic E-state index is -0.901. The van der Waals surface area contributed by atoms with Crippen LogP contribution in [-0.4, -0.2) is 28.7 Å². The smallest absolute Gasteiger partial charge is 0.251 e. The van der Waals surface area contributed by atoms with E-state index in [-0.39, 0.29) is 5.91 Å². The molecule has 0 radical (unpaired) electrons. The first-order valence-electron chi connectivity index (χ1n) is 7.85. The van der Waals surface area contributed by atoms with Crippen molar-refractivity contribution in [2.75, 3.05) is 18.6 Å². The summed E-state index contributed by atoms with van der Waals surface area (Å²) in [7, 11) is -0.901. The molecule has 1 N–H and O–H groups in total. The van der Waals surface area contributed by atoms with E-state index in [1.54, 1.807) is 24.1 Å². The van der Waals surface area contributed by atoms with Crippen LogP contribution in [0.15, 0.2) is 48.5 Å². The average Bonchev–Trinajstić information content (AvgIpc) is 2.55. The number of hydrogen-bond acceptors (Lipinski definition) is 3. The zero-order chi connectivity index (χ0) is 17.4. The summed E-state index contributed by atoms with van der Waals surface area (Å²) in [6.45, 7) is 2.72. The fourth-order valence-electron chi connectivity index (χ4n) is 2.25. The Bertz CT molecular complexity index is 699. The van der Waals surface area contributed by atoms with Gasteiger partial charge in [0.2, 0.25) is 0 Å². The number of benzene rings is 2. The molecule has 0 aliphatic rings. The number of nitrogens with one attached hydrogen (secondary N) is 1.